The second kappa shape index (κ2) is 3.24. The average molecular weight is 142 g/mol. The molecule has 0 radical (unpaired) electrons. The third kappa shape index (κ3) is 2.85. The Morgan fingerprint density at radius 3 is 2.29 bits per heavy atom. The molecule has 42 valence electrons. The Kier molecular flexibility index (Phi) is 3.34. The average Bonchev–Trinajstić information content (AvgIpc) is 1.65. The molecule has 0 aromatic heterocycles. The van der Waals surface area contributed by atoms with Crippen molar-refractivity contribution in [1.29, 1.82) is 0 Å². The Labute approximate surface area is 51.6 Å². The molecule has 2 N–H and O–H groups in total. The summed E-state index contributed by atoms with van der Waals surface area (Å²) in [5, 5.41) is -0.588. The van der Waals surface area contributed by atoms with E-state index in [0.29, 0.717) is 0 Å². The quantitative estimate of drug-likeness (QED) is 0.445. The van der Waals surface area contributed by atoms with Crippen LogP contribution in [0.5, 0.6) is 0 Å². The number of rotatable bonds is 2. The van der Waals surface area contributed by atoms with E-state index in [4.69, 9.17) is 28.9 Å². The minimum Gasteiger partial charge on any atom is -0.319 e. The standard InChI is InChI=1S/C3H5Cl2NO/c4-1-2(6)3(5)7/h2H,1,6H2/t2-/m0/s1. The van der Waals surface area contributed by atoms with Crippen molar-refractivity contribution in [2.75, 3.05) is 5.88 Å². The van der Waals surface area contributed by atoms with Crippen molar-refractivity contribution in [2.24, 2.45) is 5.73 Å². The van der Waals surface area contributed by atoms with Crippen molar-refractivity contribution in [1.82, 2.24) is 0 Å². The molecule has 2 nitrogen and oxygen atoms in total. The first kappa shape index (κ1) is 7.21. The van der Waals surface area contributed by atoms with Gasteiger partial charge < -0.3 is 5.73 Å². The van der Waals surface area contributed by atoms with Crippen LogP contribution in [0, 0.1) is 0 Å². The summed E-state index contributed by atoms with van der Waals surface area (Å²) < 4.78 is 0. The molecule has 4 heteroatoms. The molecule has 0 spiro atoms. The smallest absolute Gasteiger partial charge is 0.239 e. The summed E-state index contributed by atoms with van der Waals surface area (Å²) in [7, 11) is 0. The summed E-state index contributed by atoms with van der Waals surface area (Å²) in [6, 6.07) is -0.705. The van der Waals surface area contributed by atoms with Crippen molar-refractivity contribution >= 4 is 28.4 Å². The van der Waals surface area contributed by atoms with Gasteiger partial charge in [-0.05, 0) is 11.6 Å². The van der Waals surface area contributed by atoms with Gasteiger partial charge in [0.1, 0.15) is 0 Å². The van der Waals surface area contributed by atoms with Gasteiger partial charge in [0, 0.05) is 5.88 Å². The van der Waals surface area contributed by atoms with Crippen LogP contribution in [0.25, 0.3) is 0 Å². The van der Waals surface area contributed by atoms with E-state index in [1.54, 1.807) is 0 Å². The van der Waals surface area contributed by atoms with Gasteiger partial charge in [-0.3, -0.25) is 4.79 Å². The first-order chi connectivity index (χ1) is 3.18. The van der Waals surface area contributed by atoms with Crippen LogP contribution in [0.3, 0.4) is 0 Å². The summed E-state index contributed by atoms with van der Waals surface area (Å²) in [5.74, 6) is 0.0856. The SMILES string of the molecule is N[C@@H](CCl)C(=O)Cl. The molecule has 0 fully saturated rings. The molecule has 0 rings (SSSR count). The molecule has 0 saturated heterocycles. The van der Waals surface area contributed by atoms with Crippen LogP contribution < -0.4 is 5.73 Å². The van der Waals surface area contributed by atoms with Crippen LogP contribution in [0.15, 0.2) is 0 Å². The summed E-state index contributed by atoms with van der Waals surface area (Å²) in [6.07, 6.45) is 0. The number of halogens is 2. The third-order valence-corrected chi connectivity index (χ3v) is 1.07. The maximum Gasteiger partial charge on any atom is 0.239 e. The summed E-state index contributed by atoms with van der Waals surface area (Å²) >= 11 is 10.00. The zero-order chi connectivity index (χ0) is 5.86. The Bertz CT molecular complexity index is 75.3. The van der Waals surface area contributed by atoms with Gasteiger partial charge in [0.25, 0.3) is 0 Å². The number of carbonyl (C=O) groups excluding carboxylic acids is 1. The van der Waals surface area contributed by atoms with Crippen molar-refractivity contribution in [3.05, 3.63) is 0 Å². The number of alkyl halides is 1. The van der Waals surface area contributed by atoms with Crippen molar-refractivity contribution in [3.63, 3.8) is 0 Å². The van der Waals surface area contributed by atoms with Crippen LogP contribution in [-0.2, 0) is 4.79 Å². The van der Waals surface area contributed by atoms with Gasteiger partial charge in [0.15, 0.2) is 0 Å². The highest BCUT2D eigenvalue weighted by molar-refractivity contribution is 6.65. The Morgan fingerprint density at radius 2 is 2.29 bits per heavy atom. The molecule has 7 heavy (non-hydrogen) atoms. The van der Waals surface area contributed by atoms with Gasteiger partial charge >= 0.3 is 0 Å². The molecular formula is C3H5Cl2NO. The molecular weight excluding hydrogens is 137 g/mol. The van der Waals surface area contributed by atoms with Gasteiger partial charge in [-0.15, -0.1) is 11.6 Å². The highest BCUT2D eigenvalue weighted by Crippen LogP contribution is 1.88. The summed E-state index contributed by atoms with van der Waals surface area (Å²) in [4.78, 5) is 9.93. The zero-order valence-electron chi connectivity index (χ0n) is 3.53. The maximum atomic E-state index is 9.93. The van der Waals surface area contributed by atoms with Gasteiger partial charge in [0.05, 0.1) is 6.04 Å². The van der Waals surface area contributed by atoms with E-state index in [1.807, 2.05) is 0 Å². The second-order valence-corrected chi connectivity index (χ2v) is 1.75. The predicted molar refractivity (Wildman–Crippen MR) is 29.6 cm³/mol. The predicted octanol–water partition coefficient (Wildman–Crippen LogP) is 0.318. The maximum absolute atomic E-state index is 9.93. The first-order valence-electron chi connectivity index (χ1n) is 1.69. The van der Waals surface area contributed by atoms with Crippen LogP contribution in [0.2, 0.25) is 0 Å². The monoisotopic (exact) mass is 141 g/mol. The zero-order valence-corrected chi connectivity index (χ0v) is 5.04. The summed E-state index contributed by atoms with van der Waals surface area (Å²) in [5.41, 5.74) is 5.00. The molecule has 0 saturated carbocycles. The van der Waals surface area contributed by atoms with E-state index in [9.17, 15) is 4.79 Å². The Balaban J connectivity index is 3.34. The molecule has 0 unspecified atom stereocenters. The number of hydrogen-bond acceptors (Lipinski definition) is 2. The number of nitrogens with two attached hydrogens (primary N) is 1. The molecule has 0 aliphatic heterocycles. The highest BCUT2D eigenvalue weighted by atomic mass is 35.5. The molecule has 0 amide bonds. The van der Waals surface area contributed by atoms with Crippen molar-refractivity contribution in [2.45, 2.75) is 6.04 Å². The number of carbonyl (C=O) groups is 1. The number of hydrogen-bond donors (Lipinski definition) is 1. The van der Waals surface area contributed by atoms with Gasteiger partial charge in [-0.2, -0.15) is 0 Å². The lowest BCUT2D eigenvalue weighted by molar-refractivity contribution is -0.112. The van der Waals surface area contributed by atoms with E-state index < -0.39 is 11.3 Å². The molecule has 0 aromatic rings. The van der Waals surface area contributed by atoms with Gasteiger partial charge in [-0.1, -0.05) is 0 Å². The van der Waals surface area contributed by atoms with Gasteiger partial charge in [-0.25, -0.2) is 0 Å². The third-order valence-electron chi connectivity index (χ3n) is 0.458. The fourth-order valence-corrected chi connectivity index (χ4v) is 0.357. The fourth-order valence-electron chi connectivity index (χ4n) is 0.0607. The van der Waals surface area contributed by atoms with E-state index in [2.05, 4.69) is 0 Å². The van der Waals surface area contributed by atoms with E-state index >= 15 is 0 Å². The largest absolute Gasteiger partial charge is 0.319 e. The van der Waals surface area contributed by atoms with E-state index in [0.717, 1.165) is 0 Å². The van der Waals surface area contributed by atoms with Crippen LogP contribution in [-0.4, -0.2) is 17.2 Å². The van der Waals surface area contributed by atoms with Crippen molar-refractivity contribution in [3.8, 4) is 0 Å². The van der Waals surface area contributed by atoms with E-state index in [1.165, 1.54) is 0 Å². The van der Waals surface area contributed by atoms with Crippen LogP contribution in [0.1, 0.15) is 0 Å². The second-order valence-electron chi connectivity index (χ2n) is 1.06. The van der Waals surface area contributed by atoms with Crippen LogP contribution in [0.4, 0.5) is 0 Å². The molecule has 1 atom stereocenters. The minimum atomic E-state index is -0.705. The lowest BCUT2D eigenvalue weighted by atomic mass is 10.4. The normalized spacial score (nSPS) is 13.6. The molecule has 0 heterocycles. The minimum absolute atomic E-state index is 0.0856. The van der Waals surface area contributed by atoms with Gasteiger partial charge in [0.2, 0.25) is 5.24 Å². The lowest BCUT2D eigenvalue weighted by Gasteiger charge is -1.95. The summed E-state index contributed by atoms with van der Waals surface area (Å²) in [6.45, 7) is 0. The fraction of sp³-hybridized carbons (Fsp3) is 0.667. The molecule has 0 aliphatic carbocycles. The highest BCUT2D eigenvalue weighted by Gasteiger charge is 2.06. The Morgan fingerprint density at radius 1 is 1.86 bits per heavy atom. The van der Waals surface area contributed by atoms with Crippen LogP contribution >= 0.6 is 23.2 Å². The Hall–Kier alpha value is 0.210. The lowest BCUT2D eigenvalue weighted by Crippen LogP contribution is -2.28. The topological polar surface area (TPSA) is 43.1 Å². The first-order valence-corrected chi connectivity index (χ1v) is 2.60. The molecule has 0 bridgehead atoms. The molecule has 0 aliphatic rings. The molecule has 0 aromatic carbocycles. The van der Waals surface area contributed by atoms with Crippen molar-refractivity contribution < 1.29 is 4.79 Å². The van der Waals surface area contributed by atoms with E-state index in [-0.39, 0.29) is 5.88 Å².